The van der Waals surface area contributed by atoms with E-state index in [1.807, 2.05) is 13.0 Å². The quantitative estimate of drug-likeness (QED) is 0.875. The Morgan fingerprint density at radius 3 is 2.86 bits per heavy atom. The van der Waals surface area contributed by atoms with E-state index in [1.165, 1.54) is 18.4 Å². The number of rotatable bonds is 6. The SMILES string of the molecule is COCC1CCCN(Cc2cc(C(C)N)ccc2OC)C1. The molecule has 0 spiro atoms. The van der Waals surface area contributed by atoms with Crippen molar-refractivity contribution in [3.05, 3.63) is 29.3 Å². The third-order valence-corrected chi connectivity index (χ3v) is 4.23. The first-order valence-corrected chi connectivity index (χ1v) is 7.77. The summed E-state index contributed by atoms with van der Waals surface area (Å²) in [6.45, 7) is 6.03. The zero-order valence-electron chi connectivity index (χ0n) is 13.5. The summed E-state index contributed by atoms with van der Waals surface area (Å²) in [5.74, 6) is 1.60. The summed E-state index contributed by atoms with van der Waals surface area (Å²) in [5.41, 5.74) is 8.39. The van der Waals surface area contributed by atoms with E-state index in [1.54, 1.807) is 14.2 Å². The van der Waals surface area contributed by atoms with E-state index in [0.717, 1.165) is 37.6 Å². The predicted octanol–water partition coefficient (Wildman–Crippen LogP) is 2.57. The second kappa shape index (κ2) is 7.78. The lowest BCUT2D eigenvalue weighted by molar-refractivity contribution is 0.0870. The molecule has 2 rings (SSSR count). The van der Waals surface area contributed by atoms with E-state index in [9.17, 15) is 0 Å². The van der Waals surface area contributed by atoms with E-state index in [0.29, 0.717) is 5.92 Å². The second-order valence-electron chi connectivity index (χ2n) is 6.06. The Balaban J connectivity index is 2.08. The second-order valence-corrected chi connectivity index (χ2v) is 6.06. The Kier molecular flexibility index (Phi) is 6.03. The van der Waals surface area contributed by atoms with Crippen molar-refractivity contribution in [2.75, 3.05) is 33.9 Å². The van der Waals surface area contributed by atoms with Gasteiger partial charge in [0.2, 0.25) is 0 Å². The van der Waals surface area contributed by atoms with Gasteiger partial charge in [0.15, 0.2) is 0 Å². The molecule has 1 aliphatic heterocycles. The highest BCUT2D eigenvalue weighted by atomic mass is 16.5. The third-order valence-electron chi connectivity index (χ3n) is 4.23. The average molecular weight is 292 g/mol. The van der Waals surface area contributed by atoms with Gasteiger partial charge in [0, 0.05) is 31.8 Å². The lowest BCUT2D eigenvalue weighted by Gasteiger charge is -2.32. The van der Waals surface area contributed by atoms with Crippen LogP contribution in [0.1, 0.15) is 36.9 Å². The van der Waals surface area contributed by atoms with E-state index >= 15 is 0 Å². The molecule has 1 fully saturated rings. The maximum atomic E-state index is 6.00. The summed E-state index contributed by atoms with van der Waals surface area (Å²) in [6, 6.07) is 6.32. The summed E-state index contributed by atoms with van der Waals surface area (Å²) < 4.78 is 10.8. The van der Waals surface area contributed by atoms with Crippen LogP contribution in [-0.2, 0) is 11.3 Å². The van der Waals surface area contributed by atoms with Gasteiger partial charge in [0.1, 0.15) is 5.75 Å². The molecule has 0 bridgehead atoms. The van der Waals surface area contributed by atoms with Crippen LogP contribution < -0.4 is 10.5 Å². The maximum absolute atomic E-state index is 6.00. The zero-order chi connectivity index (χ0) is 15.2. The van der Waals surface area contributed by atoms with Crippen LogP contribution in [0.5, 0.6) is 5.75 Å². The monoisotopic (exact) mass is 292 g/mol. The van der Waals surface area contributed by atoms with Crippen molar-refractivity contribution in [1.29, 1.82) is 0 Å². The van der Waals surface area contributed by atoms with Gasteiger partial charge in [-0.3, -0.25) is 4.90 Å². The molecule has 0 saturated carbocycles. The first-order valence-electron chi connectivity index (χ1n) is 7.77. The Morgan fingerprint density at radius 2 is 2.19 bits per heavy atom. The van der Waals surface area contributed by atoms with Crippen LogP contribution in [0.25, 0.3) is 0 Å². The Bertz CT molecular complexity index is 446. The normalized spacial score (nSPS) is 21.2. The van der Waals surface area contributed by atoms with Crippen molar-refractivity contribution in [1.82, 2.24) is 4.90 Å². The fraction of sp³-hybridized carbons (Fsp3) is 0.647. The smallest absolute Gasteiger partial charge is 0.123 e. The van der Waals surface area contributed by atoms with Gasteiger partial charge in [-0.05, 0) is 49.9 Å². The summed E-state index contributed by atoms with van der Waals surface area (Å²) in [7, 11) is 3.52. The molecule has 21 heavy (non-hydrogen) atoms. The minimum absolute atomic E-state index is 0.0530. The number of likely N-dealkylation sites (tertiary alicyclic amines) is 1. The molecular weight excluding hydrogens is 264 g/mol. The van der Waals surface area contributed by atoms with Crippen LogP contribution in [0.2, 0.25) is 0 Å². The Labute approximate surface area is 128 Å². The molecule has 4 nitrogen and oxygen atoms in total. The van der Waals surface area contributed by atoms with Gasteiger partial charge in [-0.25, -0.2) is 0 Å². The lowest BCUT2D eigenvalue weighted by atomic mass is 9.97. The number of nitrogens with two attached hydrogens (primary N) is 1. The number of piperidine rings is 1. The van der Waals surface area contributed by atoms with Crippen molar-refractivity contribution in [2.45, 2.75) is 32.4 Å². The zero-order valence-corrected chi connectivity index (χ0v) is 13.5. The number of benzene rings is 1. The van der Waals surface area contributed by atoms with Gasteiger partial charge >= 0.3 is 0 Å². The van der Waals surface area contributed by atoms with Crippen molar-refractivity contribution in [3.8, 4) is 5.75 Å². The fourth-order valence-electron chi connectivity index (χ4n) is 3.11. The van der Waals surface area contributed by atoms with Gasteiger partial charge in [0.05, 0.1) is 13.7 Å². The molecule has 1 aliphatic rings. The molecule has 1 saturated heterocycles. The van der Waals surface area contributed by atoms with Gasteiger partial charge in [-0.15, -0.1) is 0 Å². The minimum Gasteiger partial charge on any atom is -0.496 e. The van der Waals surface area contributed by atoms with Gasteiger partial charge < -0.3 is 15.2 Å². The van der Waals surface area contributed by atoms with Gasteiger partial charge in [-0.2, -0.15) is 0 Å². The molecule has 1 aromatic rings. The molecular formula is C17H28N2O2. The predicted molar refractivity (Wildman–Crippen MR) is 85.5 cm³/mol. The molecule has 2 unspecified atom stereocenters. The average Bonchev–Trinajstić information content (AvgIpc) is 2.48. The first kappa shape index (κ1) is 16.3. The van der Waals surface area contributed by atoms with Crippen LogP contribution >= 0.6 is 0 Å². The summed E-state index contributed by atoms with van der Waals surface area (Å²) in [6.07, 6.45) is 2.50. The van der Waals surface area contributed by atoms with Crippen molar-refractivity contribution in [3.63, 3.8) is 0 Å². The molecule has 4 heteroatoms. The third kappa shape index (κ3) is 4.43. The Hall–Kier alpha value is -1.10. The molecule has 0 amide bonds. The van der Waals surface area contributed by atoms with Crippen LogP contribution in [0.4, 0.5) is 0 Å². The molecule has 0 aromatic heterocycles. The molecule has 0 aliphatic carbocycles. The first-order chi connectivity index (χ1) is 10.1. The molecule has 118 valence electrons. The van der Waals surface area contributed by atoms with Gasteiger partial charge in [0.25, 0.3) is 0 Å². The van der Waals surface area contributed by atoms with E-state index < -0.39 is 0 Å². The molecule has 1 aromatic carbocycles. The van der Waals surface area contributed by atoms with Crippen molar-refractivity contribution in [2.24, 2.45) is 11.7 Å². The van der Waals surface area contributed by atoms with Gasteiger partial charge in [-0.1, -0.05) is 6.07 Å². The number of nitrogens with zero attached hydrogens (tertiary/aromatic N) is 1. The van der Waals surface area contributed by atoms with Crippen LogP contribution in [0, 0.1) is 5.92 Å². The van der Waals surface area contributed by atoms with E-state index in [4.69, 9.17) is 15.2 Å². The standard InChI is InChI=1S/C17H28N2O2/c1-13(18)15-6-7-17(21-3)16(9-15)11-19-8-4-5-14(10-19)12-20-2/h6-7,9,13-14H,4-5,8,10-12,18H2,1-3H3. The number of hydrogen-bond acceptors (Lipinski definition) is 4. The molecule has 2 atom stereocenters. The molecule has 0 radical (unpaired) electrons. The summed E-state index contributed by atoms with van der Waals surface area (Å²) in [5, 5.41) is 0. The van der Waals surface area contributed by atoms with E-state index in [2.05, 4.69) is 17.0 Å². The summed E-state index contributed by atoms with van der Waals surface area (Å²) in [4.78, 5) is 2.50. The topological polar surface area (TPSA) is 47.7 Å². The molecule has 1 heterocycles. The number of hydrogen-bond donors (Lipinski definition) is 1. The van der Waals surface area contributed by atoms with Crippen LogP contribution in [-0.4, -0.2) is 38.8 Å². The minimum atomic E-state index is 0.0530. The van der Waals surface area contributed by atoms with Crippen LogP contribution in [0.15, 0.2) is 18.2 Å². The lowest BCUT2D eigenvalue weighted by Crippen LogP contribution is -2.36. The Morgan fingerprint density at radius 1 is 1.38 bits per heavy atom. The van der Waals surface area contributed by atoms with Crippen molar-refractivity contribution < 1.29 is 9.47 Å². The molecule has 2 N–H and O–H groups in total. The largest absolute Gasteiger partial charge is 0.496 e. The highest BCUT2D eigenvalue weighted by molar-refractivity contribution is 5.38. The number of methoxy groups -OCH3 is 2. The van der Waals surface area contributed by atoms with E-state index in [-0.39, 0.29) is 6.04 Å². The van der Waals surface area contributed by atoms with Crippen LogP contribution in [0.3, 0.4) is 0 Å². The fourth-order valence-corrected chi connectivity index (χ4v) is 3.11. The maximum Gasteiger partial charge on any atom is 0.123 e. The highest BCUT2D eigenvalue weighted by Crippen LogP contribution is 2.26. The highest BCUT2D eigenvalue weighted by Gasteiger charge is 2.21. The van der Waals surface area contributed by atoms with Crippen molar-refractivity contribution >= 4 is 0 Å². The summed E-state index contributed by atoms with van der Waals surface area (Å²) >= 11 is 0. The number of ether oxygens (including phenoxy) is 2.